The highest BCUT2D eigenvalue weighted by atomic mass is 16.6. The van der Waals surface area contributed by atoms with Crippen molar-refractivity contribution in [3.8, 4) is 5.88 Å². The van der Waals surface area contributed by atoms with E-state index in [1.54, 1.807) is 21.8 Å². The second kappa shape index (κ2) is 6.67. The molecule has 0 aromatic carbocycles. The van der Waals surface area contributed by atoms with Crippen LogP contribution >= 0.6 is 0 Å². The highest BCUT2D eigenvalue weighted by Gasteiger charge is 2.27. The molecule has 0 bridgehead atoms. The number of ether oxygens (including phenoxy) is 2. The quantitative estimate of drug-likeness (QED) is 0.864. The van der Waals surface area contributed by atoms with Gasteiger partial charge in [-0.15, -0.1) is 5.10 Å². The Morgan fingerprint density at radius 2 is 2.04 bits per heavy atom. The van der Waals surface area contributed by atoms with Crippen LogP contribution in [0.5, 0.6) is 5.88 Å². The van der Waals surface area contributed by atoms with Gasteiger partial charge in [-0.05, 0) is 45.6 Å². The van der Waals surface area contributed by atoms with Gasteiger partial charge in [0.1, 0.15) is 5.60 Å². The summed E-state index contributed by atoms with van der Waals surface area (Å²) in [7, 11) is 0. The average Bonchev–Trinajstić information content (AvgIpc) is 2.99. The van der Waals surface area contributed by atoms with Crippen LogP contribution in [0.1, 0.15) is 33.6 Å². The molecule has 2 aromatic heterocycles. The molecule has 1 amide bonds. The van der Waals surface area contributed by atoms with E-state index >= 15 is 0 Å². The normalized spacial score (nSPS) is 16.4. The molecule has 1 aliphatic heterocycles. The van der Waals surface area contributed by atoms with Crippen molar-refractivity contribution in [1.29, 1.82) is 0 Å². The Morgan fingerprint density at radius 1 is 1.29 bits per heavy atom. The van der Waals surface area contributed by atoms with E-state index in [4.69, 9.17) is 9.47 Å². The number of carbonyl (C=O) groups is 1. The smallest absolute Gasteiger partial charge is 0.410 e. The maximum absolute atomic E-state index is 12.1. The molecule has 3 heterocycles. The number of imidazole rings is 1. The number of rotatable bonds is 3. The Bertz CT molecular complexity index is 699. The molecule has 1 aliphatic rings. The minimum atomic E-state index is -0.450. The highest BCUT2D eigenvalue weighted by Crippen LogP contribution is 2.20. The first kappa shape index (κ1) is 16.5. The largest absolute Gasteiger partial charge is 0.476 e. The fourth-order valence-corrected chi connectivity index (χ4v) is 2.69. The van der Waals surface area contributed by atoms with Gasteiger partial charge >= 0.3 is 6.09 Å². The number of carbonyl (C=O) groups excluding carboxylic acids is 1. The Balaban J connectivity index is 1.46. The predicted octanol–water partition coefficient (Wildman–Crippen LogP) is 2.76. The van der Waals surface area contributed by atoms with Crippen molar-refractivity contribution >= 4 is 11.7 Å². The van der Waals surface area contributed by atoms with Crippen LogP contribution in [0.2, 0.25) is 0 Å². The van der Waals surface area contributed by atoms with Crippen molar-refractivity contribution in [2.75, 3.05) is 19.7 Å². The molecule has 2 aromatic rings. The Hall–Kier alpha value is -2.31. The lowest BCUT2D eigenvalue weighted by molar-refractivity contribution is 0.0164. The monoisotopic (exact) mass is 332 g/mol. The number of hydrogen-bond donors (Lipinski definition) is 0. The van der Waals surface area contributed by atoms with Gasteiger partial charge in [0.25, 0.3) is 0 Å². The maximum atomic E-state index is 12.1. The zero-order chi connectivity index (χ0) is 17.2. The Labute approximate surface area is 141 Å². The van der Waals surface area contributed by atoms with Crippen LogP contribution in [-0.4, -0.2) is 50.9 Å². The number of piperidine rings is 1. The lowest BCUT2D eigenvalue weighted by Gasteiger charge is -2.33. The van der Waals surface area contributed by atoms with Crippen molar-refractivity contribution in [2.45, 2.75) is 39.2 Å². The molecule has 130 valence electrons. The zero-order valence-corrected chi connectivity index (χ0v) is 14.4. The topological polar surface area (TPSA) is 69.0 Å². The molecule has 1 saturated heterocycles. The van der Waals surface area contributed by atoms with Gasteiger partial charge < -0.3 is 14.4 Å². The number of nitrogens with zero attached hydrogens (tertiary/aromatic N) is 4. The first-order chi connectivity index (χ1) is 11.4. The van der Waals surface area contributed by atoms with Crippen LogP contribution in [0.4, 0.5) is 4.79 Å². The van der Waals surface area contributed by atoms with Crippen LogP contribution in [0.3, 0.4) is 0 Å². The number of amides is 1. The van der Waals surface area contributed by atoms with Crippen LogP contribution in [0.25, 0.3) is 5.65 Å². The number of hydrogen-bond acceptors (Lipinski definition) is 5. The van der Waals surface area contributed by atoms with Gasteiger partial charge in [-0.1, -0.05) is 0 Å². The van der Waals surface area contributed by atoms with Crippen molar-refractivity contribution in [3.05, 3.63) is 24.5 Å². The summed E-state index contributed by atoms with van der Waals surface area (Å²) in [6.45, 7) is 7.67. The molecule has 0 N–H and O–H groups in total. The molecule has 24 heavy (non-hydrogen) atoms. The molecule has 7 heteroatoms. The van der Waals surface area contributed by atoms with Crippen molar-refractivity contribution in [1.82, 2.24) is 19.5 Å². The van der Waals surface area contributed by atoms with Gasteiger partial charge in [-0.25, -0.2) is 14.3 Å². The van der Waals surface area contributed by atoms with Gasteiger partial charge in [0.15, 0.2) is 5.65 Å². The Morgan fingerprint density at radius 3 is 2.75 bits per heavy atom. The average molecular weight is 332 g/mol. The maximum Gasteiger partial charge on any atom is 0.410 e. The van der Waals surface area contributed by atoms with Crippen molar-refractivity contribution < 1.29 is 14.3 Å². The Kier molecular flexibility index (Phi) is 4.59. The zero-order valence-electron chi connectivity index (χ0n) is 14.4. The van der Waals surface area contributed by atoms with E-state index in [1.807, 2.05) is 32.9 Å². The summed E-state index contributed by atoms with van der Waals surface area (Å²) >= 11 is 0. The first-order valence-corrected chi connectivity index (χ1v) is 8.32. The van der Waals surface area contributed by atoms with Gasteiger partial charge in [0.05, 0.1) is 6.61 Å². The number of fused-ring (bicyclic) bond motifs is 1. The predicted molar refractivity (Wildman–Crippen MR) is 89.0 cm³/mol. The number of aromatic nitrogens is 3. The fourth-order valence-electron chi connectivity index (χ4n) is 2.69. The third-order valence-electron chi connectivity index (χ3n) is 3.96. The third-order valence-corrected chi connectivity index (χ3v) is 3.96. The van der Waals surface area contributed by atoms with E-state index in [0.29, 0.717) is 31.5 Å². The molecule has 0 saturated carbocycles. The lowest BCUT2D eigenvalue weighted by Crippen LogP contribution is -2.42. The van der Waals surface area contributed by atoms with Gasteiger partial charge in [-0.2, -0.15) is 0 Å². The third kappa shape index (κ3) is 4.15. The van der Waals surface area contributed by atoms with Crippen LogP contribution < -0.4 is 4.74 Å². The van der Waals surface area contributed by atoms with E-state index in [0.717, 1.165) is 18.5 Å². The first-order valence-electron chi connectivity index (χ1n) is 8.32. The van der Waals surface area contributed by atoms with E-state index in [1.165, 1.54) is 0 Å². The molecule has 0 spiro atoms. The summed E-state index contributed by atoms with van der Waals surface area (Å²) in [5, 5.41) is 4.35. The highest BCUT2D eigenvalue weighted by molar-refractivity contribution is 5.68. The molecular formula is C17H24N4O3. The molecule has 3 rings (SSSR count). The second-order valence-electron chi connectivity index (χ2n) is 7.12. The summed E-state index contributed by atoms with van der Waals surface area (Å²) in [5.74, 6) is 1.01. The molecular weight excluding hydrogens is 308 g/mol. The summed E-state index contributed by atoms with van der Waals surface area (Å²) in [4.78, 5) is 18.0. The lowest BCUT2D eigenvalue weighted by atomic mass is 9.98. The summed E-state index contributed by atoms with van der Waals surface area (Å²) in [6.07, 6.45) is 5.09. The van der Waals surface area contributed by atoms with Crippen molar-refractivity contribution in [3.63, 3.8) is 0 Å². The minimum Gasteiger partial charge on any atom is -0.476 e. The van der Waals surface area contributed by atoms with Crippen LogP contribution in [-0.2, 0) is 4.74 Å². The van der Waals surface area contributed by atoms with Gasteiger partial charge in [0, 0.05) is 31.5 Å². The molecule has 1 fully saturated rings. The molecule has 0 atom stereocenters. The van der Waals surface area contributed by atoms with E-state index in [9.17, 15) is 4.79 Å². The van der Waals surface area contributed by atoms with Crippen LogP contribution in [0, 0.1) is 5.92 Å². The van der Waals surface area contributed by atoms with E-state index in [-0.39, 0.29) is 6.09 Å². The standard InChI is InChI=1S/C17H24N4O3/c1-17(2,3)24-16(22)20-9-6-13(7-10-20)12-23-15-5-4-14-18-8-11-21(14)19-15/h4-5,8,11,13H,6-7,9-10,12H2,1-3H3. The minimum absolute atomic E-state index is 0.228. The van der Waals surface area contributed by atoms with Crippen LogP contribution in [0.15, 0.2) is 24.5 Å². The molecule has 0 unspecified atom stereocenters. The number of likely N-dealkylation sites (tertiary alicyclic amines) is 1. The second-order valence-corrected chi connectivity index (χ2v) is 7.12. The van der Waals surface area contributed by atoms with Gasteiger partial charge in [-0.3, -0.25) is 0 Å². The SMILES string of the molecule is CC(C)(C)OC(=O)N1CCC(COc2ccc3nccn3n2)CC1. The van der Waals surface area contributed by atoms with Gasteiger partial charge in [0.2, 0.25) is 5.88 Å². The molecule has 0 aliphatic carbocycles. The summed E-state index contributed by atoms with van der Waals surface area (Å²) in [5.41, 5.74) is 0.349. The fraction of sp³-hybridized carbons (Fsp3) is 0.588. The molecule has 0 radical (unpaired) electrons. The summed E-state index contributed by atoms with van der Waals surface area (Å²) in [6, 6.07) is 3.71. The summed E-state index contributed by atoms with van der Waals surface area (Å²) < 4.78 is 12.9. The van der Waals surface area contributed by atoms with E-state index in [2.05, 4.69) is 10.1 Å². The van der Waals surface area contributed by atoms with Crippen molar-refractivity contribution in [2.24, 2.45) is 5.92 Å². The molecule has 7 nitrogen and oxygen atoms in total. The van der Waals surface area contributed by atoms with E-state index < -0.39 is 5.60 Å².